The first-order valence-corrected chi connectivity index (χ1v) is 2.34. The summed E-state index contributed by atoms with van der Waals surface area (Å²) in [7, 11) is 0. The molecular formula is C4H3ClO3. The van der Waals surface area contributed by atoms with E-state index in [1.165, 1.54) is 0 Å². The number of hydrogen-bond acceptors (Lipinski definition) is 3. The zero-order chi connectivity index (χ0) is 6.15. The molecular weight excluding hydrogens is 131 g/mol. The Kier molecular flexibility index (Phi) is 1.23. The molecule has 1 N–H and O–H groups in total. The molecule has 0 unspecified atom stereocenters. The fourth-order valence-corrected chi connectivity index (χ4v) is 0.518. The first kappa shape index (κ1) is 5.59. The van der Waals surface area contributed by atoms with E-state index < -0.39 is 12.3 Å². The fraction of sp³-hybridized carbons (Fsp3) is 0.250. The molecule has 1 rings (SSSR count). The molecule has 4 heteroatoms. The molecule has 1 aliphatic heterocycles. The molecule has 0 fully saturated rings. The van der Waals surface area contributed by atoms with Crippen molar-refractivity contribution in [1.29, 1.82) is 0 Å². The number of aliphatic hydroxyl groups excluding tert-OH is 1. The monoisotopic (exact) mass is 134 g/mol. The van der Waals surface area contributed by atoms with Gasteiger partial charge in [-0.15, -0.1) is 0 Å². The Morgan fingerprint density at radius 1 is 1.88 bits per heavy atom. The highest BCUT2D eigenvalue weighted by molar-refractivity contribution is 6.32. The highest BCUT2D eigenvalue weighted by atomic mass is 35.5. The molecule has 0 aromatic carbocycles. The normalized spacial score (nSPS) is 27.5. The van der Waals surface area contributed by atoms with Gasteiger partial charge in [-0.1, -0.05) is 11.6 Å². The van der Waals surface area contributed by atoms with Crippen LogP contribution in [0.25, 0.3) is 0 Å². The number of carbonyl (C=O) groups excluding carboxylic acids is 1. The van der Waals surface area contributed by atoms with Crippen molar-refractivity contribution in [3.8, 4) is 0 Å². The van der Waals surface area contributed by atoms with Crippen LogP contribution in [0.15, 0.2) is 11.1 Å². The van der Waals surface area contributed by atoms with E-state index in [4.69, 9.17) is 16.7 Å². The van der Waals surface area contributed by atoms with Crippen molar-refractivity contribution in [3.63, 3.8) is 0 Å². The summed E-state index contributed by atoms with van der Waals surface area (Å²) in [6.45, 7) is 0. The standard InChI is InChI=1S/C4H3ClO3/c5-2-1-3(6)8-4(2)7/h1,4,7H/t4-/m0/s1. The highest BCUT2D eigenvalue weighted by Crippen LogP contribution is 2.15. The summed E-state index contributed by atoms with van der Waals surface area (Å²) >= 11 is 5.22. The Bertz CT molecular complexity index is 151. The molecule has 1 heterocycles. The molecule has 0 saturated heterocycles. The van der Waals surface area contributed by atoms with Crippen molar-refractivity contribution < 1.29 is 14.6 Å². The molecule has 0 aromatic heterocycles. The molecule has 0 bridgehead atoms. The lowest BCUT2D eigenvalue weighted by Gasteiger charge is -1.97. The number of esters is 1. The van der Waals surface area contributed by atoms with Gasteiger partial charge >= 0.3 is 5.97 Å². The smallest absolute Gasteiger partial charge is 0.334 e. The molecule has 3 nitrogen and oxygen atoms in total. The average Bonchev–Trinajstić information content (AvgIpc) is 1.85. The lowest BCUT2D eigenvalue weighted by atomic mass is 10.5. The van der Waals surface area contributed by atoms with Gasteiger partial charge in [-0.05, 0) is 0 Å². The average molecular weight is 135 g/mol. The third kappa shape index (κ3) is 0.827. The van der Waals surface area contributed by atoms with Gasteiger partial charge in [0.15, 0.2) is 0 Å². The lowest BCUT2D eigenvalue weighted by molar-refractivity contribution is -0.150. The number of aliphatic hydroxyl groups is 1. The second-order valence-corrected chi connectivity index (χ2v) is 1.75. The summed E-state index contributed by atoms with van der Waals surface area (Å²) in [6, 6.07) is 0. The second kappa shape index (κ2) is 1.76. The van der Waals surface area contributed by atoms with Crippen molar-refractivity contribution in [2.75, 3.05) is 0 Å². The van der Waals surface area contributed by atoms with Gasteiger partial charge in [-0.2, -0.15) is 0 Å². The summed E-state index contributed by atoms with van der Waals surface area (Å²) < 4.78 is 4.17. The molecule has 0 amide bonds. The maximum atomic E-state index is 10.1. The molecule has 0 aromatic rings. The van der Waals surface area contributed by atoms with E-state index in [0.29, 0.717) is 0 Å². The summed E-state index contributed by atoms with van der Waals surface area (Å²) in [5, 5.41) is 8.56. The molecule has 44 valence electrons. The van der Waals surface area contributed by atoms with E-state index in [9.17, 15) is 4.79 Å². The lowest BCUT2D eigenvalue weighted by Crippen LogP contribution is -2.06. The van der Waals surface area contributed by atoms with Crippen LogP contribution in [0, 0.1) is 0 Å². The van der Waals surface area contributed by atoms with Crippen LogP contribution in [0.3, 0.4) is 0 Å². The van der Waals surface area contributed by atoms with Crippen LogP contribution < -0.4 is 0 Å². The van der Waals surface area contributed by atoms with Crippen molar-refractivity contribution in [2.45, 2.75) is 6.29 Å². The molecule has 0 radical (unpaired) electrons. The second-order valence-electron chi connectivity index (χ2n) is 1.32. The summed E-state index contributed by atoms with van der Waals surface area (Å²) in [6.07, 6.45) is -0.198. The molecule has 1 atom stereocenters. The Morgan fingerprint density at radius 2 is 2.50 bits per heavy atom. The zero-order valence-electron chi connectivity index (χ0n) is 3.80. The van der Waals surface area contributed by atoms with Crippen molar-refractivity contribution in [1.82, 2.24) is 0 Å². The Morgan fingerprint density at radius 3 is 2.62 bits per heavy atom. The number of rotatable bonds is 0. The number of carbonyl (C=O) groups is 1. The first-order valence-electron chi connectivity index (χ1n) is 1.96. The molecule has 0 saturated carbocycles. The van der Waals surface area contributed by atoms with Crippen LogP contribution in [0.5, 0.6) is 0 Å². The number of halogens is 1. The van der Waals surface area contributed by atoms with Crippen LogP contribution in [0.2, 0.25) is 0 Å². The van der Waals surface area contributed by atoms with Gasteiger partial charge in [0, 0.05) is 6.08 Å². The van der Waals surface area contributed by atoms with Gasteiger partial charge in [0.05, 0.1) is 5.03 Å². The van der Waals surface area contributed by atoms with Gasteiger partial charge in [0.1, 0.15) is 0 Å². The first-order chi connectivity index (χ1) is 3.70. The predicted octanol–water partition coefficient (Wildman–Crippen LogP) is -0.0157. The third-order valence-corrected chi connectivity index (χ3v) is 1.02. The van der Waals surface area contributed by atoms with Crippen molar-refractivity contribution >= 4 is 17.6 Å². The van der Waals surface area contributed by atoms with Gasteiger partial charge in [-0.25, -0.2) is 4.79 Å². The highest BCUT2D eigenvalue weighted by Gasteiger charge is 2.21. The van der Waals surface area contributed by atoms with Crippen LogP contribution >= 0.6 is 11.6 Å². The maximum Gasteiger partial charge on any atom is 0.334 e. The molecule has 0 aliphatic carbocycles. The Labute approximate surface area is 50.5 Å². The largest absolute Gasteiger partial charge is 0.427 e. The van der Waals surface area contributed by atoms with E-state index in [-0.39, 0.29) is 5.03 Å². The Hall–Kier alpha value is -0.540. The maximum absolute atomic E-state index is 10.1. The van der Waals surface area contributed by atoms with E-state index in [1.54, 1.807) is 0 Å². The van der Waals surface area contributed by atoms with E-state index in [0.717, 1.165) is 6.08 Å². The van der Waals surface area contributed by atoms with Crippen molar-refractivity contribution in [2.24, 2.45) is 0 Å². The van der Waals surface area contributed by atoms with Gasteiger partial charge in [-0.3, -0.25) is 0 Å². The Balaban J connectivity index is 2.73. The van der Waals surface area contributed by atoms with E-state index in [1.807, 2.05) is 0 Å². The number of ether oxygens (including phenoxy) is 1. The SMILES string of the molecule is O=C1C=C(Cl)[C@@H](O)O1. The topological polar surface area (TPSA) is 46.5 Å². The fourth-order valence-electron chi connectivity index (χ4n) is 0.384. The van der Waals surface area contributed by atoms with E-state index in [2.05, 4.69) is 4.74 Å². The van der Waals surface area contributed by atoms with Crippen LogP contribution in [-0.4, -0.2) is 17.4 Å². The minimum absolute atomic E-state index is 0.0370. The van der Waals surface area contributed by atoms with Crippen LogP contribution in [0.4, 0.5) is 0 Å². The van der Waals surface area contributed by atoms with Crippen molar-refractivity contribution in [3.05, 3.63) is 11.1 Å². The summed E-state index contributed by atoms with van der Waals surface area (Å²) in [5.74, 6) is -0.595. The zero-order valence-corrected chi connectivity index (χ0v) is 4.55. The van der Waals surface area contributed by atoms with Gasteiger partial charge in [0.25, 0.3) is 0 Å². The summed E-state index contributed by atoms with van der Waals surface area (Å²) in [5.41, 5.74) is 0. The number of cyclic esters (lactones) is 1. The summed E-state index contributed by atoms with van der Waals surface area (Å²) in [4.78, 5) is 10.1. The van der Waals surface area contributed by atoms with Crippen LogP contribution in [0.1, 0.15) is 0 Å². The van der Waals surface area contributed by atoms with Gasteiger partial charge < -0.3 is 9.84 Å². The third-order valence-electron chi connectivity index (χ3n) is 0.719. The number of hydrogen-bond donors (Lipinski definition) is 1. The predicted molar refractivity (Wildman–Crippen MR) is 26.0 cm³/mol. The quantitative estimate of drug-likeness (QED) is 0.474. The van der Waals surface area contributed by atoms with E-state index >= 15 is 0 Å². The molecule has 0 spiro atoms. The van der Waals surface area contributed by atoms with Gasteiger partial charge in [0.2, 0.25) is 6.29 Å². The minimum Gasteiger partial charge on any atom is -0.427 e. The molecule has 8 heavy (non-hydrogen) atoms. The van der Waals surface area contributed by atoms with Crippen LogP contribution in [-0.2, 0) is 9.53 Å². The minimum atomic E-state index is -1.23. The molecule has 1 aliphatic rings.